The minimum Gasteiger partial charge on any atom is -0.462 e. The molecule has 0 unspecified atom stereocenters. The summed E-state index contributed by atoms with van der Waals surface area (Å²) in [5.74, 6) is 1.50. The van der Waals surface area contributed by atoms with Crippen molar-refractivity contribution in [2.24, 2.45) is 5.92 Å². The molecule has 3 aliphatic rings. The summed E-state index contributed by atoms with van der Waals surface area (Å²) in [7, 11) is 2.18. The third kappa shape index (κ3) is 6.32. The zero-order valence-electron chi connectivity index (χ0n) is 26.9. The van der Waals surface area contributed by atoms with Crippen LogP contribution in [0.3, 0.4) is 0 Å². The van der Waals surface area contributed by atoms with Gasteiger partial charge in [-0.1, -0.05) is 24.8 Å². The molecule has 1 aliphatic carbocycles. The van der Waals surface area contributed by atoms with E-state index >= 15 is 0 Å². The van der Waals surface area contributed by atoms with Crippen LogP contribution < -0.4 is 14.5 Å². The van der Waals surface area contributed by atoms with Crippen LogP contribution in [0, 0.1) is 19.4 Å². The fourth-order valence-corrected chi connectivity index (χ4v) is 6.90. The van der Waals surface area contributed by atoms with Gasteiger partial charge in [0.2, 0.25) is 12.5 Å². The molecule has 10 nitrogen and oxygen atoms in total. The van der Waals surface area contributed by atoms with Crippen molar-refractivity contribution < 1.29 is 9.53 Å². The lowest BCUT2D eigenvalue weighted by Gasteiger charge is -2.41. The number of carbonyl (C=O) groups excluding carboxylic acids is 1. The lowest BCUT2D eigenvalue weighted by molar-refractivity contribution is -0.128. The molecular weight excluding hydrogens is 564 g/mol. The second-order valence-electron chi connectivity index (χ2n) is 12.8. The van der Waals surface area contributed by atoms with Crippen LogP contribution in [0.2, 0.25) is 0 Å². The van der Waals surface area contributed by atoms with E-state index in [1.54, 1.807) is 4.90 Å². The maximum absolute atomic E-state index is 12.6. The van der Waals surface area contributed by atoms with Crippen molar-refractivity contribution in [2.75, 3.05) is 56.2 Å². The number of pyridine rings is 1. The van der Waals surface area contributed by atoms with E-state index in [1.807, 2.05) is 12.4 Å². The summed E-state index contributed by atoms with van der Waals surface area (Å²) < 4.78 is 6.37. The Balaban J connectivity index is 1.31. The van der Waals surface area contributed by atoms with Crippen LogP contribution in [0.25, 0.3) is 15.6 Å². The molecule has 2 fully saturated rings. The lowest BCUT2D eigenvalue weighted by atomic mass is 10.0. The highest BCUT2D eigenvalue weighted by Gasteiger charge is 2.35. The first kappa shape index (κ1) is 30.8. The first-order valence-corrected chi connectivity index (χ1v) is 16.1. The Morgan fingerprint density at radius 1 is 1.20 bits per heavy atom. The molecule has 0 N–H and O–H groups in total. The molecule has 45 heavy (non-hydrogen) atoms. The Labute approximate surface area is 266 Å². The van der Waals surface area contributed by atoms with Gasteiger partial charge in [0.05, 0.1) is 24.1 Å². The van der Waals surface area contributed by atoms with Crippen LogP contribution in [0.1, 0.15) is 43.5 Å². The standard InChI is InChI=1S/C35H44N8O2/c1-7-32(44)43-16-15-42(20-28(43)18-36-5)34-29-13-14-41(31-19-37-17-27-10-8-9-23(2)33(27)31)21-30(29)38-35(39-34)45-22-24(3)40(6)25(4)26-11-12-26/h7-10,17,19,24-26,28H,1,11-16,18,20-22H2,2-4,6H3/t24-,25-,28-/m0/s1. The summed E-state index contributed by atoms with van der Waals surface area (Å²) in [4.78, 5) is 39.6. The molecular formula is C35H44N8O2. The number of hydrogen-bond donors (Lipinski definition) is 0. The van der Waals surface area contributed by atoms with Crippen molar-refractivity contribution >= 4 is 28.2 Å². The molecule has 1 saturated heterocycles. The Morgan fingerprint density at radius 2 is 2.02 bits per heavy atom. The Bertz CT molecular complexity index is 1610. The SMILES string of the molecule is [C-]#[N+]C[C@H]1CN(c2nc(OC[C@H](C)N(C)[C@@H](C)C3CC3)nc3c2CCN(c2cncc4cccc(C)c24)C3)CCN1C(=O)C=C. The first-order valence-electron chi connectivity index (χ1n) is 16.1. The summed E-state index contributed by atoms with van der Waals surface area (Å²) >= 11 is 0. The highest BCUT2D eigenvalue weighted by Crippen LogP contribution is 2.37. The van der Waals surface area contributed by atoms with Gasteiger partial charge in [0.25, 0.3) is 0 Å². The van der Waals surface area contributed by atoms with E-state index in [-0.39, 0.29) is 24.5 Å². The predicted molar refractivity (Wildman–Crippen MR) is 178 cm³/mol. The second-order valence-corrected chi connectivity index (χ2v) is 12.8. The van der Waals surface area contributed by atoms with E-state index in [0.717, 1.165) is 47.0 Å². The van der Waals surface area contributed by atoms with Gasteiger partial charge in [0, 0.05) is 60.8 Å². The van der Waals surface area contributed by atoms with E-state index in [9.17, 15) is 4.79 Å². The number of carbonyl (C=O) groups is 1. The number of fused-ring (bicyclic) bond motifs is 2. The Kier molecular flexibility index (Phi) is 8.90. The molecule has 10 heteroatoms. The van der Waals surface area contributed by atoms with Crippen molar-refractivity contribution in [2.45, 2.75) is 64.7 Å². The van der Waals surface area contributed by atoms with Crippen molar-refractivity contribution in [1.29, 1.82) is 0 Å². The van der Waals surface area contributed by atoms with E-state index in [1.165, 1.54) is 29.9 Å². The number of aryl methyl sites for hydroxylation is 1. The molecule has 2 aliphatic heterocycles. The molecule has 1 amide bonds. The molecule has 4 heterocycles. The molecule has 2 aromatic heterocycles. The van der Waals surface area contributed by atoms with E-state index in [4.69, 9.17) is 21.3 Å². The largest absolute Gasteiger partial charge is 0.462 e. The minimum atomic E-state index is -0.237. The maximum atomic E-state index is 12.6. The minimum absolute atomic E-state index is 0.134. The molecule has 1 aromatic carbocycles. The third-order valence-electron chi connectivity index (χ3n) is 9.97. The number of piperazine rings is 1. The maximum Gasteiger partial charge on any atom is 0.318 e. The summed E-state index contributed by atoms with van der Waals surface area (Å²) in [6.45, 7) is 21.6. The summed E-state index contributed by atoms with van der Waals surface area (Å²) in [6, 6.07) is 7.20. The number of likely N-dealkylation sites (N-methyl/N-ethyl adjacent to an activating group) is 1. The monoisotopic (exact) mass is 608 g/mol. The summed E-state index contributed by atoms with van der Waals surface area (Å²) in [6.07, 6.45) is 8.60. The number of ether oxygens (including phenoxy) is 1. The smallest absolute Gasteiger partial charge is 0.318 e. The molecule has 6 rings (SSSR count). The highest BCUT2D eigenvalue weighted by atomic mass is 16.5. The van der Waals surface area contributed by atoms with Crippen molar-refractivity contribution in [1.82, 2.24) is 24.8 Å². The van der Waals surface area contributed by atoms with Crippen LogP contribution >= 0.6 is 0 Å². The Morgan fingerprint density at radius 3 is 2.78 bits per heavy atom. The predicted octanol–water partition coefficient (Wildman–Crippen LogP) is 4.52. The summed E-state index contributed by atoms with van der Waals surface area (Å²) in [5.41, 5.74) is 4.39. The van der Waals surface area contributed by atoms with Crippen LogP contribution in [0.4, 0.5) is 11.5 Å². The lowest BCUT2D eigenvalue weighted by Crippen LogP contribution is -2.56. The van der Waals surface area contributed by atoms with Crippen LogP contribution in [-0.4, -0.2) is 95.2 Å². The van der Waals surface area contributed by atoms with Gasteiger partial charge in [-0.05, 0) is 64.6 Å². The first-order chi connectivity index (χ1) is 21.8. The zero-order chi connectivity index (χ0) is 31.7. The molecule has 1 saturated carbocycles. The van der Waals surface area contributed by atoms with Gasteiger partial charge in [-0.15, -0.1) is 0 Å². The number of anilines is 2. The number of benzene rings is 1. The van der Waals surface area contributed by atoms with E-state index in [0.29, 0.717) is 44.8 Å². The topological polar surface area (TPSA) is 82.3 Å². The molecule has 0 bridgehead atoms. The normalized spacial score (nSPS) is 19.6. The number of rotatable bonds is 10. The van der Waals surface area contributed by atoms with Gasteiger partial charge in [0.1, 0.15) is 18.5 Å². The average molecular weight is 609 g/mol. The fourth-order valence-electron chi connectivity index (χ4n) is 6.90. The van der Waals surface area contributed by atoms with Gasteiger partial charge in [0.15, 0.2) is 0 Å². The van der Waals surface area contributed by atoms with Crippen molar-refractivity contribution in [3.63, 3.8) is 0 Å². The van der Waals surface area contributed by atoms with Gasteiger partial charge >= 0.3 is 6.01 Å². The molecule has 3 atom stereocenters. The zero-order valence-corrected chi connectivity index (χ0v) is 26.9. The molecule has 0 spiro atoms. The average Bonchev–Trinajstić information content (AvgIpc) is 3.91. The number of amides is 1. The van der Waals surface area contributed by atoms with E-state index in [2.05, 4.69) is 77.1 Å². The van der Waals surface area contributed by atoms with Crippen LogP contribution in [0.15, 0.2) is 43.2 Å². The highest BCUT2D eigenvalue weighted by molar-refractivity contribution is 5.96. The quantitative estimate of drug-likeness (QED) is 0.246. The number of nitrogens with zero attached hydrogens (tertiary/aromatic N) is 8. The molecule has 236 valence electrons. The second kappa shape index (κ2) is 13.0. The summed E-state index contributed by atoms with van der Waals surface area (Å²) in [5, 5.41) is 2.34. The molecule has 0 radical (unpaired) electrons. The van der Waals surface area contributed by atoms with E-state index < -0.39 is 0 Å². The third-order valence-corrected chi connectivity index (χ3v) is 9.97. The van der Waals surface area contributed by atoms with Crippen molar-refractivity contribution in [3.8, 4) is 6.01 Å². The fraction of sp³-hybridized carbons (Fsp3) is 0.514. The van der Waals surface area contributed by atoms with Gasteiger partial charge in [-0.25, -0.2) is 6.57 Å². The molecule has 3 aromatic rings. The van der Waals surface area contributed by atoms with Crippen LogP contribution in [0.5, 0.6) is 6.01 Å². The van der Waals surface area contributed by atoms with Gasteiger partial charge in [-0.3, -0.25) is 14.7 Å². The van der Waals surface area contributed by atoms with Crippen molar-refractivity contribution in [3.05, 3.63) is 71.5 Å². The van der Waals surface area contributed by atoms with Crippen LogP contribution in [-0.2, 0) is 17.8 Å². The van der Waals surface area contributed by atoms with Gasteiger partial charge < -0.3 is 24.3 Å². The number of aromatic nitrogens is 3. The number of hydrogen-bond acceptors (Lipinski definition) is 8. The Hall–Kier alpha value is -4.23. The van der Waals surface area contributed by atoms with Gasteiger partial charge in [-0.2, -0.15) is 9.97 Å².